The van der Waals surface area contributed by atoms with E-state index in [0.29, 0.717) is 61.7 Å². The van der Waals surface area contributed by atoms with Gasteiger partial charge in [0, 0.05) is 12.2 Å². The van der Waals surface area contributed by atoms with Crippen molar-refractivity contribution in [2.45, 2.75) is 39.2 Å². The van der Waals surface area contributed by atoms with Crippen LogP contribution in [-0.2, 0) is 16.1 Å². The highest BCUT2D eigenvalue weighted by Gasteiger charge is 2.11. The summed E-state index contributed by atoms with van der Waals surface area (Å²) in [5.74, 6) is 1.89. The van der Waals surface area contributed by atoms with Crippen LogP contribution in [-0.4, -0.2) is 49.0 Å². The minimum absolute atomic E-state index is 0.416. The topological polar surface area (TPSA) is 89.0 Å². The van der Waals surface area contributed by atoms with Crippen molar-refractivity contribution in [3.8, 4) is 28.6 Å². The van der Waals surface area contributed by atoms with Gasteiger partial charge in [0.05, 0.1) is 37.8 Å². The molecule has 1 heterocycles. The Kier molecular flexibility index (Phi) is 12.5. The Balaban J connectivity index is 1.05. The number of nitrogens with zero attached hydrogens (tertiary/aromatic N) is 2. The molecule has 0 aliphatic rings. The van der Waals surface area contributed by atoms with Crippen LogP contribution in [0.3, 0.4) is 0 Å². The lowest BCUT2D eigenvalue weighted by Gasteiger charge is -2.09. The third-order valence-corrected chi connectivity index (χ3v) is 7.26. The van der Waals surface area contributed by atoms with E-state index in [1.54, 1.807) is 42.7 Å². The maximum atomic E-state index is 12.8. The molecule has 0 aliphatic heterocycles. The predicted octanol–water partition coefficient (Wildman–Crippen LogP) is 8.09. The van der Waals surface area contributed by atoms with Crippen molar-refractivity contribution in [1.82, 2.24) is 9.97 Å². The molecule has 5 rings (SSSR count). The molecule has 0 saturated carbocycles. The fourth-order valence-electron chi connectivity index (χ4n) is 4.73. The lowest BCUT2D eigenvalue weighted by molar-refractivity contribution is 0.0352. The summed E-state index contributed by atoms with van der Waals surface area (Å²) in [6.07, 6.45) is 8.16. The molecule has 0 unspecified atom stereocenters. The standard InChI is InChI=1S/C38H40N2O6/c1-2-3-4-8-19-42-20-21-43-22-23-44-34-16-13-30(14-17-34)38(41)46-35-18-15-31-24-33(12-11-32(31)25-35)37-39-26-36(27-40-37)45-28-29-9-6-5-7-10-29/h5-7,9-18,24-27H,2-4,8,19-23,28H2,1H3. The number of aromatic nitrogens is 2. The normalized spacial score (nSPS) is 11.0. The van der Waals surface area contributed by atoms with Gasteiger partial charge in [0.25, 0.3) is 0 Å². The van der Waals surface area contributed by atoms with Crippen LogP contribution >= 0.6 is 0 Å². The lowest BCUT2D eigenvalue weighted by Crippen LogP contribution is -2.11. The van der Waals surface area contributed by atoms with Crippen LogP contribution in [0, 0.1) is 0 Å². The van der Waals surface area contributed by atoms with Crippen molar-refractivity contribution in [3.05, 3.63) is 115 Å². The zero-order valence-electron chi connectivity index (χ0n) is 26.2. The second-order valence-corrected chi connectivity index (χ2v) is 10.8. The number of hydrogen-bond acceptors (Lipinski definition) is 8. The molecular weight excluding hydrogens is 580 g/mol. The molecule has 0 aliphatic carbocycles. The molecule has 0 N–H and O–H groups in total. The van der Waals surface area contributed by atoms with Gasteiger partial charge in [0.2, 0.25) is 0 Å². The summed E-state index contributed by atoms with van der Waals surface area (Å²) in [6, 6.07) is 28.3. The van der Waals surface area contributed by atoms with Gasteiger partial charge in [-0.05, 0) is 65.2 Å². The second-order valence-electron chi connectivity index (χ2n) is 10.8. The van der Waals surface area contributed by atoms with Crippen molar-refractivity contribution >= 4 is 16.7 Å². The van der Waals surface area contributed by atoms with E-state index in [0.717, 1.165) is 34.9 Å². The molecule has 0 fully saturated rings. The fourth-order valence-corrected chi connectivity index (χ4v) is 4.73. The minimum atomic E-state index is -0.441. The Morgan fingerprint density at radius 2 is 1.33 bits per heavy atom. The first-order chi connectivity index (χ1) is 22.7. The zero-order chi connectivity index (χ0) is 31.8. The molecular formula is C38H40N2O6. The van der Waals surface area contributed by atoms with E-state index in [1.807, 2.05) is 60.7 Å². The van der Waals surface area contributed by atoms with Crippen LogP contribution in [0.15, 0.2) is 103 Å². The van der Waals surface area contributed by atoms with Crippen LogP contribution < -0.4 is 14.2 Å². The van der Waals surface area contributed by atoms with Crippen molar-refractivity contribution in [2.24, 2.45) is 0 Å². The van der Waals surface area contributed by atoms with E-state index in [4.69, 9.17) is 23.7 Å². The number of carbonyl (C=O) groups excluding carboxylic acids is 1. The molecule has 1 aromatic heterocycles. The van der Waals surface area contributed by atoms with Gasteiger partial charge in [0.15, 0.2) is 11.6 Å². The molecule has 0 spiro atoms. The third kappa shape index (κ3) is 10.1. The van der Waals surface area contributed by atoms with Crippen molar-refractivity contribution in [2.75, 3.05) is 33.0 Å². The summed E-state index contributed by atoms with van der Waals surface area (Å²) in [5.41, 5.74) is 2.39. The summed E-state index contributed by atoms with van der Waals surface area (Å²) in [5, 5.41) is 1.91. The number of fused-ring (bicyclic) bond motifs is 1. The Bertz CT molecular complexity index is 1640. The first-order valence-electron chi connectivity index (χ1n) is 15.8. The average Bonchev–Trinajstić information content (AvgIpc) is 3.10. The highest BCUT2D eigenvalue weighted by molar-refractivity contribution is 5.92. The Morgan fingerprint density at radius 1 is 0.630 bits per heavy atom. The molecule has 0 bridgehead atoms. The number of benzene rings is 4. The predicted molar refractivity (Wildman–Crippen MR) is 178 cm³/mol. The van der Waals surface area contributed by atoms with E-state index in [1.165, 1.54) is 19.3 Å². The van der Waals surface area contributed by atoms with Crippen LogP contribution in [0.2, 0.25) is 0 Å². The largest absolute Gasteiger partial charge is 0.491 e. The molecule has 0 saturated heterocycles. The van der Waals surface area contributed by atoms with Crippen LogP contribution in [0.5, 0.6) is 17.2 Å². The average molecular weight is 621 g/mol. The van der Waals surface area contributed by atoms with E-state index in [-0.39, 0.29) is 0 Å². The molecule has 0 atom stereocenters. The van der Waals surface area contributed by atoms with E-state index >= 15 is 0 Å². The first kappa shape index (κ1) is 32.6. The Morgan fingerprint density at radius 3 is 2.11 bits per heavy atom. The van der Waals surface area contributed by atoms with Gasteiger partial charge in [-0.3, -0.25) is 0 Å². The number of hydrogen-bond donors (Lipinski definition) is 0. The second kappa shape index (κ2) is 17.6. The number of rotatable bonds is 18. The van der Waals surface area contributed by atoms with Gasteiger partial charge in [-0.1, -0.05) is 74.7 Å². The van der Waals surface area contributed by atoms with E-state index in [2.05, 4.69) is 16.9 Å². The smallest absolute Gasteiger partial charge is 0.343 e. The molecule has 5 aromatic rings. The molecule has 4 aromatic carbocycles. The van der Waals surface area contributed by atoms with Crippen LogP contribution in [0.4, 0.5) is 0 Å². The van der Waals surface area contributed by atoms with Gasteiger partial charge < -0.3 is 23.7 Å². The number of carbonyl (C=O) groups is 1. The molecule has 8 heteroatoms. The highest BCUT2D eigenvalue weighted by Crippen LogP contribution is 2.27. The monoisotopic (exact) mass is 620 g/mol. The molecule has 0 radical (unpaired) electrons. The minimum Gasteiger partial charge on any atom is -0.491 e. The summed E-state index contributed by atoms with van der Waals surface area (Å²) in [4.78, 5) is 21.8. The summed E-state index contributed by atoms with van der Waals surface area (Å²) >= 11 is 0. The van der Waals surface area contributed by atoms with E-state index < -0.39 is 5.97 Å². The number of unbranched alkanes of at least 4 members (excludes halogenated alkanes) is 3. The number of ether oxygens (including phenoxy) is 5. The van der Waals surface area contributed by atoms with Crippen molar-refractivity contribution < 1.29 is 28.5 Å². The van der Waals surface area contributed by atoms with Crippen molar-refractivity contribution in [1.29, 1.82) is 0 Å². The van der Waals surface area contributed by atoms with Gasteiger partial charge in [0.1, 0.15) is 24.7 Å². The molecule has 238 valence electrons. The molecule has 46 heavy (non-hydrogen) atoms. The first-order valence-corrected chi connectivity index (χ1v) is 15.8. The maximum absolute atomic E-state index is 12.8. The van der Waals surface area contributed by atoms with Gasteiger partial charge in [-0.25, -0.2) is 14.8 Å². The van der Waals surface area contributed by atoms with Gasteiger partial charge >= 0.3 is 5.97 Å². The summed E-state index contributed by atoms with van der Waals surface area (Å²) in [6.45, 7) is 5.47. The van der Waals surface area contributed by atoms with Crippen molar-refractivity contribution in [3.63, 3.8) is 0 Å². The maximum Gasteiger partial charge on any atom is 0.343 e. The highest BCUT2D eigenvalue weighted by atomic mass is 16.5. The fraction of sp³-hybridized carbons (Fsp3) is 0.289. The van der Waals surface area contributed by atoms with Gasteiger partial charge in [-0.2, -0.15) is 0 Å². The van der Waals surface area contributed by atoms with Crippen LogP contribution in [0.25, 0.3) is 22.2 Å². The summed E-state index contributed by atoms with van der Waals surface area (Å²) < 4.78 is 28.3. The third-order valence-electron chi connectivity index (χ3n) is 7.26. The molecule has 8 nitrogen and oxygen atoms in total. The zero-order valence-corrected chi connectivity index (χ0v) is 26.2. The van der Waals surface area contributed by atoms with Gasteiger partial charge in [-0.15, -0.1) is 0 Å². The van der Waals surface area contributed by atoms with E-state index in [9.17, 15) is 4.79 Å². The summed E-state index contributed by atoms with van der Waals surface area (Å²) in [7, 11) is 0. The number of esters is 1. The Labute approximate surface area is 270 Å². The quantitative estimate of drug-likeness (QED) is 0.0552. The molecule has 0 amide bonds. The Hall–Kier alpha value is -4.79. The lowest BCUT2D eigenvalue weighted by atomic mass is 10.1. The SMILES string of the molecule is CCCCCCOCCOCCOc1ccc(C(=O)Oc2ccc3cc(-c4ncc(OCc5ccccc5)cn4)ccc3c2)cc1. The van der Waals surface area contributed by atoms with Crippen LogP contribution in [0.1, 0.15) is 48.5 Å².